The lowest BCUT2D eigenvalue weighted by molar-refractivity contribution is -0.136. The monoisotopic (exact) mass is 502 g/mol. The third-order valence-electron chi connectivity index (χ3n) is 5.93. The second-order valence-corrected chi connectivity index (χ2v) is 11.8. The van der Waals surface area contributed by atoms with Crippen LogP contribution in [0.1, 0.15) is 65.3 Å². The molecular weight excluding hydrogens is 460 g/mol. The van der Waals surface area contributed by atoms with E-state index >= 15 is 0 Å². The van der Waals surface area contributed by atoms with E-state index in [1.54, 1.807) is 36.5 Å². The highest BCUT2D eigenvalue weighted by molar-refractivity contribution is 7.89. The number of nitrogens with zero attached hydrogens (tertiary/aromatic N) is 4. The van der Waals surface area contributed by atoms with Crippen LogP contribution in [0.5, 0.6) is 0 Å². The number of carbonyl (C=O) groups excluding carboxylic acids is 1. The van der Waals surface area contributed by atoms with Gasteiger partial charge in [-0.25, -0.2) is 13.4 Å². The number of allylic oxidation sites excluding steroid dienone is 1. The molecule has 0 saturated heterocycles. The van der Waals surface area contributed by atoms with Crippen LogP contribution in [-0.4, -0.2) is 52.2 Å². The number of aromatic nitrogens is 2. The number of aryl methyl sites for hydroxylation is 2. The number of imidazole rings is 1. The van der Waals surface area contributed by atoms with E-state index in [9.17, 15) is 13.2 Å². The van der Waals surface area contributed by atoms with Crippen molar-refractivity contribution in [2.45, 2.75) is 79.4 Å². The Morgan fingerprint density at radius 1 is 1.11 bits per heavy atom. The van der Waals surface area contributed by atoms with Gasteiger partial charge in [0.15, 0.2) is 0 Å². The first-order valence-corrected chi connectivity index (χ1v) is 13.9. The summed E-state index contributed by atoms with van der Waals surface area (Å²) in [6.45, 7) is 17.7. The molecule has 0 spiro atoms. The highest BCUT2D eigenvalue weighted by Crippen LogP contribution is 2.25. The Kier molecular flexibility index (Phi) is 10.3. The van der Waals surface area contributed by atoms with Gasteiger partial charge in [0.2, 0.25) is 15.9 Å². The largest absolute Gasteiger partial charge is 0.341 e. The van der Waals surface area contributed by atoms with Crippen LogP contribution in [0, 0.1) is 18.8 Å². The summed E-state index contributed by atoms with van der Waals surface area (Å²) < 4.78 is 31.3. The van der Waals surface area contributed by atoms with E-state index in [4.69, 9.17) is 0 Å². The molecule has 1 heterocycles. The van der Waals surface area contributed by atoms with Crippen LogP contribution in [0.2, 0.25) is 0 Å². The minimum Gasteiger partial charge on any atom is -0.341 e. The highest BCUT2D eigenvalue weighted by atomic mass is 32.2. The topological polar surface area (TPSA) is 75.5 Å². The van der Waals surface area contributed by atoms with Crippen molar-refractivity contribution >= 4 is 22.0 Å². The van der Waals surface area contributed by atoms with Gasteiger partial charge < -0.3 is 9.47 Å². The second kappa shape index (κ2) is 12.5. The fourth-order valence-corrected chi connectivity index (χ4v) is 5.75. The van der Waals surface area contributed by atoms with Gasteiger partial charge in [-0.05, 0) is 62.8 Å². The van der Waals surface area contributed by atoms with E-state index in [0.717, 1.165) is 16.8 Å². The fourth-order valence-electron chi connectivity index (χ4n) is 4.15. The minimum atomic E-state index is -3.98. The van der Waals surface area contributed by atoms with Crippen LogP contribution in [0.25, 0.3) is 6.08 Å². The van der Waals surface area contributed by atoms with Crippen molar-refractivity contribution in [1.82, 2.24) is 18.8 Å². The number of hydrogen-bond acceptors (Lipinski definition) is 4. The zero-order valence-electron chi connectivity index (χ0n) is 22.5. The Morgan fingerprint density at radius 2 is 1.74 bits per heavy atom. The molecule has 0 unspecified atom stereocenters. The lowest BCUT2D eigenvalue weighted by Crippen LogP contribution is -2.50. The highest BCUT2D eigenvalue weighted by Gasteiger charge is 2.36. The molecule has 0 aliphatic rings. The van der Waals surface area contributed by atoms with Crippen molar-refractivity contribution in [2.24, 2.45) is 11.8 Å². The zero-order chi connectivity index (χ0) is 26.3. The summed E-state index contributed by atoms with van der Waals surface area (Å²) in [7, 11) is -3.98. The molecule has 194 valence electrons. The first kappa shape index (κ1) is 28.8. The number of sulfonamides is 1. The molecule has 0 fully saturated rings. The van der Waals surface area contributed by atoms with Crippen LogP contribution in [0.4, 0.5) is 0 Å². The molecule has 0 saturated carbocycles. The maximum atomic E-state index is 14.0. The van der Waals surface area contributed by atoms with Crippen LogP contribution < -0.4 is 0 Å². The first-order chi connectivity index (χ1) is 16.4. The molecule has 0 aliphatic heterocycles. The van der Waals surface area contributed by atoms with Gasteiger partial charge in [-0.1, -0.05) is 45.9 Å². The average Bonchev–Trinajstić information content (AvgIpc) is 3.24. The number of rotatable bonds is 12. The van der Waals surface area contributed by atoms with Crippen molar-refractivity contribution in [3.8, 4) is 0 Å². The van der Waals surface area contributed by atoms with Crippen molar-refractivity contribution in [1.29, 1.82) is 0 Å². The third kappa shape index (κ3) is 7.27. The summed E-state index contributed by atoms with van der Waals surface area (Å²) in [6, 6.07) is 4.25. The predicted molar refractivity (Wildman–Crippen MR) is 142 cm³/mol. The second-order valence-electron chi connectivity index (χ2n) is 9.95. The Balaban J connectivity index is 2.57. The standard InChI is InChI=1S/C27H42N4O3S/c1-9-11-24-14-26(13-12-22(24)7)35(33,34)31(18-25-15-28-19-29(25)10-2)23(8)27(32)30(16-20(3)4)17-21(5)6/h9,11-15,19-21,23H,10,16-18H2,1-8H3/b11-9-/t23-/m0/s1. The van der Waals surface area contributed by atoms with E-state index < -0.39 is 16.1 Å². The number of carbonyl (C=O) groups is 1. The summed E-state index contributed by atoms with van der Waals surface area (Å²) in [5.41, 5.74) is 2.57. The molecular formula is C27H42N4O3S. The summed E-state index contributed by atoms with van der Waals surface area (Å²) in [4.78, 5) is 19.9. The quantitative estimate of drug-likeness (QED) is 0.411. The Hall–Kier alpha value is -2.45. The normalized spacial score (nSPS) is 13.3. The molecule has 2 aromatic rings. The number of amides is 1. The third-order valence-corrected chi connectivity index (χ3v) is 7.85. The van der Waals surface area contributed by atoms with Gasteiger partial charge >= 0.3 is 0 Å². The summed E-state index contributed by atoms with van der Waals surface area (Å²) in [5, 5.41) is 0. The van der Waals surface area contributed by atoms with Gasteiger partial charge in [0, 0.05) is 25.8 Å². The van der Waals surface area contributed by atoms with E-state index in [0.29, 0.717) is 19.6 Å². The molecule has 1 amide bonds. The summed E-state index contributed by atoms with van der Waals surface area (Å²) >= 11 is 0. The predicted octanol–water partition coefficient (Wildman–Crippen LogP) is 4.96. The van der Waals surface area contributed by atoms with Gasteiger partial charge in [0.25, 0.3) is 0 Å². The Bertz CT molecular complexity index is 1110. The van der Waals surface area contributed by atoms with Crippen LogP contribution >= 0.6 is 0 Å². The number of hydrogen-bond donors (Lipinski definition) is 0. The zero-order valence-corrected chi connectivity index (χ0v) is 23.3. The van der Waals surface area contributed by atoms with Crippen molar-refractivity contribution in [3.63, 3.8) is 0 Å². The molecule has 1 aromatic carbocycles. The van der Waals surface area contributed by atoms with Crippen LogP contribution in [-0.2, 0) is 27.9 Å². The average molecular weight is 503 g/mol. The maximum Gasteiger partial charge on any atom is 0.244 e. The Labute approximate surface area is 211 Å². The summed E-state index contributed by atoms with van der Waals surface area (Å²) in [5.74, 6) is 0.369. The van der Waals surface area contributed by atoms with Crippen molar-refractivity contribution in [2.75, 3.05) is 13.1 Å². The van der Waals surface area contributed by atoms with Crippen LogP contribution in [0.15, 0.2) is 41.7 Å². The smallest absolute Gasteiger partial charge is 0.244 e. The van der Waals surface area contributed by atoms with E-state index in [1.165, 1.54) is 4.31 Å². The van der Waals surface area contributed by atoms with E-state index in [1.807, 2.05) is 43.6 Å². The maximum absolute atomic E-state index is 14.0. The Morgan fingerprint density at radius 3 is 2.29 bits per heavy atom. The molecule has 1 aromatic heterocycles. The molecule has 8 heteroatoms. The van der Waals surface area contributed by atoms with Crippen molar-refractivity contribution < 1.29 is 13.2 Å². The van der Waals surface area contributed by atoms with Gasteiger partial charge in [0.05, 0.1) is 23.5 Å². The molecule has 0 aliphatic carbocycles. The van der Waals surface area contributed by atoms with E-state index in [-0.39, 0.29) is 29.2 Å². The lowest BCUT2D eigenvalue weighted by Gasteiger charge is -2.34. The minimum absolute atomic E-state index is 0.0626. The number of benzene rings is 1. The lowest BCUT2D eigenvalue weighted by atomic mass is 10.1. The van der Waals surface area contributed by atoms with Gasteiger partial charge in [0.1, 0.15) is 6.04 Å². The first-order valence-electron chi connectivity index (χ1n) is 12.4. The molecule has 2 rings (SSSR count). The molecule has 35 heavy (non-hydrogen) atoms. The molecule has 7 nitrogen and oxygen atoms in total. The molecule has 0 bridgehead atoms. The van der Waals surface area contributed by atoms with Crippen LogP contribution in [0.3, 0.4) is 0 Å². The molecule has 0 radical (unpaired) electrons. The molecule has 1 atom stereocenters. The summed E-state index contributed by atoms with van der Waals surface area (Å²) in [6.07, 6.45) is 7.14. The molecule has 0 N–H and O–H groups in total. The van der Waals surface area contributed by atoms with Gasteiger partial charge in [-0.2, -0.15) is 4.31 Å². The van der Waals surface area contributed by atoms with Gasteiger partial charge in [-0.3, -0.25) is 4.79 Å². The van der Waals surface area contributed by atoms with E-state index in [2.05, 4.69) is 32.7 Å². The van der Waals surface area contributed by atoms with Crippen molar-refractivity contribution in [3.05, 3.63) is 53.6 Å². The van der Waals surface area contributed by atoms with Gasteiger partial charge in [-0.15, -0.1) is 0 Å². The SMILES string of the molecule is C/C=C\c1cc(S(=O)(=O)N(Cc2cncn2CC)[C@@H](C)C(=O)N(CC(C)C)CC(C)C)ccc1C. The fraction of sp³-hybridized carbons (Fsp3) is 0.556.